The largest absolute Gasteiger partial charge is 0.269 e. The van der Waals surface area contributed by atoms with Crippen molar-refractivity contribution in [1.29, 1.82) is 0 Å². The third-order valence-corrected chi connectivity index (χ3v) is 0. The molecule has 0 bridgehead atoms. The Hall–Kier alpha value is -0.120. The van der Waals surface area contributed by atoms with Crippen LogP contribution in [-0.4, -0.2) is 19.1 Å². The Morgan fingerprint density at radius 2 is 1.40 bits per heavy atom. The molecule has 0 aliphatic carbocycles. The van der Waals surface area contributed by atoms with Gasteiger partial charge in [-0.3, -0.25) is 10.9 Å². The second kappa shape index (κ2) is 3.88. The minimum atomic E-state index is 0. The van der Waals surface area contributed by atoms with Crippen LogP contribution in [0.25, 0.3) is 0 Å². The predicted octanol–water partition coefficient (Wildman–Crippen LogP) is -1.06. The number of hydrogen-bond acceptors (Lipinski definition) is 2. The Labute approximate surface area is 32.3 Å². The minimum absolute atomic E-state index is 0. The first-order valence-corrected chi connectivity index (χ1v) is 1.15. The van der Waals surface area contributed by atoms with Gasteiger partial charge in [-0.25, -0.2) is 0 Å². The highest BCUT2D eigenvalue weighted by Gasteiger charge is 1.57. The van der Waals surface area contributed by atoms with Crippen LogP contribution in [0.15, 0.2) is 0 Å². The van der Waals surface area contributed by atoms with Gasteiger partial charge in [-0.05, 0) is 0 Å². The van der Waals surface area contributed by atoms with Crippen molar-refractivity contribution in [3.63, 3.8) is 0 Å². The molecule has 3 radical (unpaired) electrons. The van der Waals surface area contributed by atoms with Gasteiger partial charge in [0, 0.05) is 20.2 Å². The van der Waals surface area contributed by atoms with Crippen molar-refractivity contribution in [2.45, 2.75) is 0 Å². The second-order valence-electron chi connectivity index (χ2n) is 0.964. The Balaban J connectivity index is 0. The number of hydrogen-bond donors (Lipinski definition) is 1. The first-order valence-electron chi connectivity index (χ1n) is 1.15. The van der Waals surface area contributed by atoms with Crippen LogP contribution < -0.4 is 12.0 Å². The molecule has 0 aromatic heterocycles. The molecule has 0 aliphatic rings. The van der Waals surface area contributed by atoms with Gasteiger partial charge in [0.2, 0.25) is 0 Å². The standard InChI is InChI=1S/C2H8N2.N/c1-4(2)3;/h3H2,1-2H3;. The zero-order valence-corrected chi connectivity index (χ0v) is 3.47. The van der Waals surface area contributed by atoms with Crippen molar-refractivity contribution in [2.75, 3.05) is 14.1 Å². The SMILES string of the molecule is CN(C)N.[N]. The maximum atomic E-state index is 4.94. The topological polar surface area (TPSA) is 59.8 Å². The summed E-state index contributed by atoms with van der Waals surface area (Å²) < 4.78 is 0. The van der Waals surface area contributed by atoms with Gasteiger partial charge in [-0.2, -0.15) is 0 Å². The Kier molecular flexibility index (Phi) is 6.87. The van der Waals surface area contributed by atoms with Crippen LogP contribution in [0.1, 0.15) is 0 Å². The first kappa shape index (κ1) is 8.86. The number of rotatable bonds is 0. The van der Waals surface area contributed by atoms with Crippen molar-refractivity contribution >= 4 is 0 Å². The van der Waals surface area contributed by atoms with Crippen molar-refractivity contribution in [3.8, 4) is 0 Å². The maximum Gasteiger partial charge on any atom is 0.00105 e. The smallest absolute Gasteiger partial charge is 0.00105 e. The number of nitrogens with two attached hydrogens (primary N) is 1. The molecule has 0 spiro atoms. The van der Waals surface area contributed by atoms with Gasteiger partial charge in [0.1, 0.15) is 0 Å². The first-order chi connectivity index (χ1) is 1.73. The molecular weight excluding hydrogens is 66.0 g/mol. The molecule has 0 fully saturated rings. The lowest BCUT2D eigenvalue weighted by molar-refractivity contribution is 0.432. The summed E-state index contributed by atoms with van der Waals surface area (Å²) in [4.78, 5) is 0. The van der Waals surface area contributed by atoms with Crippen LogP contribution in [-0.2, 0) is 0 Å². The van der Waals surface area contributed by atoms with E-state index in [0.29, 0.717) is 0 Å². The minimum Gasteiger partial charge on any atom is -0.269 e. The molecule has 0 atom stereocenters. The van der Waals surface area contributed by atoms with Gasteiger partial charge in [-0.1, -0.05) is 0 Å². The quantitative estimate of drug-likeness (QED) is 0.294. The van der Waals surface area contributed by atoms with Gasteiger partial charge in [0.25, 0.3) is 0 Å². The molecule has 0 saturated heterocycles. The summed E-state index contributed by atoms with van der Waals surface area (Å²) in [6.07, 6.45) is 0. The molecule has 0 aromatic carbocycles. The van der Waals surface area contributed by atoms with E-state index in [2.05, 4.69) is 0 Å². The van der Waals surface area contributed by atoms with Gasteiger partial charge >= 0.3 is 0 Å². The molecular formula is C2H8N3. The van der Waals surface area contributed by atoms with E-state index in [9.17, 15) is 0 Å². The fraction of sp³-hybridized carbons (Fsp3) is 1.00. The average molecular weight is 74.1 g/mol. The summed E-state index contributed by atoms with van der Waals surface area (Å²) in [5.41, 5.74) is 0. The lowest BCUT2D eigenvalue weighted by atomic mass is 11.2. The summed E-state index contributed by atoms with van der Waals surface area (Å²) in [5, 5.41) is 1.50. The molecule has 3 nitrogen and oxygen atoms in total. The van der Waals surface area contributed by atoms with Gasteiger partial charge in [-0.15, -0.1) is 0 Å². The Bertz CT molecular complexity index is 9.61. The Morgan fingerprint density at radius 3 is 1.40 bits per heavy atom. The Morgan fingerprint density at radius 1 is 1.40 bits per heavy atom. The molecule has 0 heterocycles. The van der Waals surface area contributed by atoms with Crippen LogP contribution in [0.4, 0.5) is 0 Å². The highest BCUT2D eigenvalue weighted by molar-refractivity contribution is 4.01. The number of hydrazine groups is 1. The molecule has 0 unspecified atom stereocenters. The van der Waals surface area contributed by atoms with Crippen LogP contribution >= 0.6 is 0 Å². The predicted molar refractivity (Wildman–Crippen MR) is 20.0 cm³/mol. The molecule has 2 N–H and O–H groups in total. The monoisotopic (exact) mass is 74.1 g/mol. The summed E-state index contributed by atoms with van der Waals surface area (Å²) in [6, 6.07) is 0. The third kappa shape index (κ3) is 952. The summed E-state index contributed by atoms with van der Waals surface area (Å²) in [7, 11) is 3.56. The molecule has 3 heteroatoms. The summed E-state index contributed by atoms with van der Waals surface area (Å²) in [6.45, 7) is 0. The van der Waals surface area contributed by atoms with Crippen LogP contribution in [0.3, 0.4) is 0 Å². The molecule has 0 aromatic rings. The second-order valence-corrected chi connectivity index (χ2v) is 0.964. The molecule has 0 amide bonds. The van der Waals surface area contributed by atoms with E-state index >= 15 is 0 Å². The molecule has 0 saturated carbocycles. The fourth-order valence-electron chi connectivity index (χ4n) is 0. The van der Waals surface area contributed by atoms with Gasteiger partial charge in [0.05, 0.1) is 0 Å². The average Bonchev–Trinajstić information content (AvgIpc) is 0.811. The van der Waals surface area contributed by atoms with Crippen molar-refractivity contribution < 1.29 is 0 Å². The number of nitrogens with zero attached hydrogens (tertiary/aromatic N) is 2. The maximum absolute atomic E-state index is 4.94. The lowest BCUT2D eigenvalue weighted by Crippen LogP contribution is -2.18. The van der Waals surface area contributed by atoms with E-state index in [-0.39, 0.29) is 6.15 Å². The summed E-state index contributed by atoms with van der Waals surface area (Å²) in [5.74, 6) is 4.94. The fourth-order valence-corrected chi connectivity index (χ4v) is 0. The van der Waals surface area contributed by atoms with Crippen molar-refractivity contribution in [2.24, 2.45) is 5.84 Å². The van der Waals surface area contributed by atoms with E-state index < -0.39 is 0 Å². The molecule has 31 valence electrons. The van der Waals surface area contributed by atoms with Gasteiger partial charge in [0.15, 0.2) is 0 Å². The normalized spacial score (nSPS) is 7.20. The molecule has 0 rings (SSSR count). The summed E-state index contributed by atoms with van der Waals surface area (Å²) >= 11 is 0. The highest BCUT2D eigenvalue weighted by atomic mass is 15.4. The van der Waals surface area contributed by atoms with E-state index in [4.69, 9.17) is 5.84 Å². The van der Waals surface area contributed by atoms with E-state index in [1.54, 1.807) is 14.1 Å². The van der Waals surface area contributed by atoms with Crippen LogP contribution in [0, 0.1) is 0 Å². The van der Waals surface area contributed by atoms with Gasteiger partial charge < -0.3 is 0 Å². The molecule has 0 aliphatic heterocycles. The van der Waals surface area contributed by atoms with Crippen LogP contribution in [0.2, 0.25) is 0 Å². The van der Waals surface area contributed by atoms with E-state index in [0.717, 1.165) is 0 Å². The van der Waals surface area contributed by atoms with E-state index in [1.165, 1.54) is 5.01 Å². The van der Waals surface area contributed by atoms with E-state index in [1.807, 2.05) is 0 Å². The lowest BCUT2D eigenvalue weighted by Gasteiger charge is -1.91. The highest BCUT2D eigenvalue weighted by Crippen LogP contribution is 1.37. The van der Waals surface area contributed by atoms with Crippen LogP contribution in [0.5, 0.6) is 0 Å². The molecule has 5 heavy (non-hydrogen) atoms. The zero-order chi connectivity index (χ0) is 3.58. The third-order valence-electron chi connectivity index (χ3n) is 0. The van der Waals surface area contributed by atoms with Crippen molar-refractivity contribution in [1.82, 2.24) is 11.2 Å². The van der Waals surface area contributed by atoms with Crippen molar-refractivity contribution in [3.05, 3.63) is 0 Å². The zero-order valence-electron chi connectivity index (χ0n) is 3.47.